The van der Waals surface area contributed by atoms with Crippen molar-refractivity contribution in [3.05, 3.63) is 35.0 Å². The third-order valence-electron chi connectivity index (χ3n) is 3.88. The molecule has 0 atom stereocenters. The number of halogens is 1. The summed E-state index contributed by atoms with van der Waals surface area (Å²) < 4.78 is 2.23. The van der Waals surface area contributed by atoms with Crippen LogP contribution in [0.1, 0.15) is 25.0 Å². The Morgan fingerprint density at radius 1 is 1.35 bits per heavy atom. The van der Waals surface area contributed by atoms with E-state index in [1.807, 2.05) is 12.1 Å². The molecule has 1 heterocycles. The smallest absolute Gasteiger partial charge is 0.0494 e. The van der Waals surface area contributed by atoms with Crippen LogP contribution in [0.25, 0.3) is 10.9 Å². The number of nitrogens with zero attached hydrogens (tertiary/aromatic N) is 1. The zero-order chi connectivity index (χ0) is 12.0. The largest absolute Gasteiger partial charge is 0.348 e. The Bertz CT molecular complexity index is 567. The molecular formula is C14H17ClN2. The molecule has 3 rings (SSSR count). The van der Waals surface area contributed by atoms with Gasteiger partial charge in [-0.3, -0.25) is 0 Å². The number of hydrogen-bond donors (Lipinski definition) is 1. The fourth-order valence-corrected chi connectivity index (χ4v) is 2.55. The Hall–Kier alpha value is -0.990. The second kappa shape index (κ2) is 3.76. The molecule has 0 radical (unpaired) electrons. The number of hydrogen-bond acceptors (Lipinski definition) is 1. The third kappa shape index (κ3) is 2.07. The molecule has 2 nitrogen and oxygen atoms in total. The van der Waals surface area contributed by atoms with Crippen LogP contribution in [0.3, 0.4) is 0 Å². The zero-order valence-corrected chi connectivity index (χ0v) is 10.8. The molecule has 0 amide bonds. The summed E-state index contributed by atoms with van der Waals surface area (Å²) in [4.78, 5) is 0. The van der Waals surface area contributed by atoms with E-state index in [-0.39, 0.29) is 5.54 Å². The molecule has 1 aliphatic carbocycles. The summed E-state index contributed by atoms with van der Waals surface area (Å²) in [6.07, 6.45) is 4.51. The van der Waals surface area contributed by atoms with E-state index >= 15 is 0 Å². The molecule has 1 aromatic carbocycles. The molecule has 0 aliphatic heterocycles. The van der Waals surface area contributed by atoms with Gasteiger partial charge in [0.25, 0.3) is 0 Å². The summed E-state index contributed by atoms with van der Waals surface area (Å²) in [6, 6.07) is 8.29. The lowest BCUT2D eigenvalue weighted by Crippen LogP contribution is -2.22. The Labute approximate surface area is 106 Å². The summed E-state index contributed by atoms with van der Waals surface area (Å²) in [6.45, 7) is 0. The van der Waals surface area contributed by atoms with Crippen LogP contribution in [0, 0.1) is 0 Å². The first-order valence-corrected chi connectivity index (χ1v) is 6.48. The average molecular weight is 249 g/mol. The van der Waals surface area contributed by atoms with Gasteiger partial charge in [0.15, 0.2) is 0 Å². The molecule has 2 N–H and O–H groups in total. The van der Waals surface area contributed by atoms with Crippen LogP contribution < -0.4 is 5.73 Å². The van der Waals surface area contributed by atoms with Crippen LogP contribution >= 0.6 is 11.6 Å². The fraction of sp³-hybridized carbons (Fsp3) is 0.429. The van der Waals surface area contributed by atoms with Gasteiger partial charge in [-0.1, -0.05) is 17.7 Å². The van der Waals surface area contributed by atoms with Gasteiger partial charge in [-0.25, -0.2) is 0 Å². The first-order valence-electron chi connectivity index (χ1n) is 6.10. The van der Waals surface area contributed by atoms with Gasteiger partial charge in [-0.15, -0.1) is 0 Å². The Morgan fingerprint density at radius 2 is 2.12 bits per heavy atom. The third-order valence-corrected chi connectivity index (χ3v) is 4.11. The molecule has 2 aromatic rings. The van der Waals surface area contributed by atoms with Crippen LogP contribution in [-0.4, -0.2) is 10.1 Å². The number of aromatic nitrogens is 1. The maximum absolute atomic E-state index is 6.13. The summed E-state index contributed by atoms with van der Waals surface area (Å²) in [5.41, 5.74) is 8.81. The quantitative estimate of drug-likeness (QED) is 0.888. The molecule has 0 saturated heterocycles. The van der Waals surface area contributed by atoms with Crippen molar-refractivity contribution >= 4 is 22.5 Å². The molecule has 0 bridgehead atoms. The van der Waals surface area contributed by atoms with Crippen molar-refractivity contribution in [2.24, 2.45) is 12.8 Å². The predicted molar refractivity (Wildman–Crippen MR) is 72.4 cm³/mol. The van der Waals surface area contributed by atoms with Crippen LogP contribution in [0.4, 0.5) is 0 Å². The number of nitrogens with two attached hydrogens (primary N) is 1. The highest BCUT2D eigenvalue weighted by Crippen LogP contribution is 2.37. The van der Waals surface area contributed by atoms with Gasteiger partial charge in [0.1, 0.15) is 0 Å². The van der Waals surface area contributed by atoms with Gasteiger partial charge in [0, 0.05) is 28.8 Å². The lowest BCUT2D eigenvalue weighted by atomic mass is 10.1. The lowest BCUT2D eigenvalue weighted by molar-refractivity contribution is 0.596. The predicted octanol–water partition coefficient (Wildman–Crippen LogP) is 3.26. The second-order valence-corrected chi connectivity index (χ2v) is 5.70. The first-order chi connectivity index (χ1) is 8.07. The number of aryl methyl sites for hydroxylation is 2. The molecule has 1 fully saturated rings. The summed E-state index contributed by atoms with van der Waals surface area (Å²) in [7, 11) is 2.10. The normalized spacial score (nSPS) is 17.6. The molecule has 1 saturated carbocycles. The van der Waals surface area contributed by atoms with Gasteiger partial charge in [-0.05, 0) is 49.3 Å². The molecule has 1 aliphatic rings. The minimum Gasteiger partial charge on any atom is -0.348 e. The van der Waals surface area contributed by atoms with E-state index in [0.717, 1.165) is 17.9 Å². The Balaban J connectivity index is 1.91. The highest BCUT2D eigenvalue weighted by molar-refractivity contribution is 6.31. The van der Waals surface area contributed by atoms with Crippen molar-refractivity contribution in [3.63, 3.8) is 0 Å². The van der Waals surface area contributed by atoms with Crippen molar-refractivity contribution in [3.8, 4) is 0 Å². The molecular weight excluding hydrogens is 232 g/mol. The number of rotatable bonds is 3. The van der Waals surface area contributed by atoms with Crippen LogP contribution in [-0.2, 0) is 13.5 Å². The van der Waals surface area contributed by atoms with Crippen molar-refractivity contribution < 1.29 is 0 Å². The van der Waals surface area contributed by atoms with Crippen molar-refractivity contribution in [1.82, 2.24) is 4.57 Å². The van der Waals surface area contributed by atoms with E-state index in [0.29, 0.717) is 0 Å². The first kappa shape index (κ1) is 11.1. The summed E-state index contributed by atoms with van der Waals surface area (Å²) >= 11 is 6.03. The van der Waals surface area contributed by atoms with E-state index < -0.39 is 0 Å². The summed E-state index contributed by atoms with van der Waals surface area (Å²) in [5.74, 6) is 0. The summed E-state index contributed by atoms with van der Waals surface area (Å²) in [5, 5.41) is 2.05. The van der Waals surface area contributed by atoms with E-state index in [9.17, 15) is 0 Å². The van der Waals surface area contributed by atoms with Crippen molar-refractivity contribution in [2.75, 3.05) is 0 Å². The lowest BCUT2D eigenvalue weighted by Gasteiger charge is -2.09. The van der Waals surface area contributed by atoms with Crippen molar-refractivity contribution in [1.29, 1.82) is 0 Å². The number of benzene rings is 1. The van der Waals surface area contributed by atoms with E-state index in [1.165, 1.54) is 29.4 Å². The Kier molecular flexibility index (Phi) is 2.46. The van der Waals surface area contributed by atoms with Crippen LogP contribution in [0.2, 0.25) is 5.02 Å². The molecule has 17 heavy (non-hydrogen) atoms. The molecule has 0 unspecified atom stereocenters. The van der Waals surface area contributed by atoms with Gasteiger partial charge >= 0.3 is 0 Å². The Morgan fingerprint density at radius 3 is 2.82 bits per heavy atom. The highest BCUT2D eigenvalue weighted by Gasteiger charge is 2.37. The minimum atomic E-state index is 0.133. The highest BCUT2D eigenvalue weighted by atomic mass is 35.5. The topological polar surface area (TPSA) is 30.9 Å². The maximum atomic E-state index is 6.13. The van der Waals surface area contributed by atoms with E-state index in [1.54, 1.807) is 0 Å². The molecule has 0 spiro atoms. The SMILES string of the molecule is Cn1c(CCC2(N)CC2)cc2ccc(Cl)cc21. The van der Waals surface area contributed by atoms with Gasteiger partial charge in [0.2, 0.25) is 0 Å². The maximum Gasteiger partial charge on any atom is 0.0494 e. The fourth-order valence-electron chi connectivity index (χ4n) is 2.39. The van der Waals surface area contributed by atoms with E-state index in [2.05, 4.69) is 23.7 Å². The molecule has 90 valence electrons. The van der Waals surface area contributed by atoms with Gasteiger partial charge in [-0.2, -0.15) is 0 Å². The second-order valence-electron chi connectivity index (χ2n) is 5.26. The average Bonchev–Trinajstić information content (AvgIpc) is 2.95. The zero-order valence-electron chi connectivity index (χ0n) is 10.0. The van der Waals surface area contributed by atoms with Gasteiger partial charge < -0.3 is 10.3 Å². The number of fused-ring (bicyclic) bond motifs is 1. The van der Waals surface area contributed by atoms with E-state index in [4.69, 9.17) is 17.3 Å². The molecule has 3 heteroatoms. The minimum absolute atomic E-state index is 0.133. The van der Waals surface area contributed by atoms with Crippen LogP contribution in [0.5, 0.6) is 0 Å². The van der Waals surface area contributed by atoms with Crippen LogP contribution in [0.15, 0.2) is 24.3 Å². The monoisotopic (exact) mass is 248 g/mol. The van der Waals surface area contributed by atoms with Crippen molar-refractivity contribution in [2.45, 2.75) is 31.2 Å². The van der Waals surface area contributed by atoms with Gasteiger partial charge in [0.05, 0.1) is 0 Å². The standard InChI is InChI=1S/C14H17ClN2/c1-17-12(4-5-14(16)6-7-14)8-10-2-3-11(15)9-13(10)17/h2-3,8-9H,4-7,16H2,1H3. The molecule has 1 aromatic heterocycles.